The van der Waals surface area contributed by atoms with Gasteiger partial charge in [0, 0.05) is 47.8 Å². The molecule has 1 aliphatic heterocycles. The highest BCUT2D eigenvalue weighted by Crippen LogP contribution is 2.33. The molecule has 0 bridgehead atoms. The highest BCUT2D eigenvalue weighted by molar-refractivity contribution is 6.00. The monoisotopic (exact) mass is 766 g/mol. The first-order valence-corrected chi connectivity index (χ1v) is 16.3. The molecule has 1 atom stereocenters. The van der Waals surface area contributed by atoms with Crippen LogP contribution in [-0.4, -0.2) is 35.1 Å². The molecule has 55 heavy (non-hydrogen) atoms. The Kier molecular flexibility index (Phi) is 9.77. The molecule has 1 aliphatic rings. The summed E-state index contributed by atoms with van der Waals surface area (Å²) >= 11 is 0. The fourth-order valence-corrected chi connectivity index (χ4v) is 5.95. The second kappa shape index (κ2) is 14.0. The quantitative estimate of drug-likeness (QED) is 0.119. The zero-order valence-electron chi connectivity index (χ0n) is 29.5. The van der Waals surface area contributed by atoms with E-state index in [0.29, 0.717) is 39.6 Å². The summed E-state index contributed by atoms with van der Waals surface area (Å²) in [6, 6.07) is 14.6. The van der Waals surface area contributed by atoms with Crippen molar-refractivity contribution in [2.45, 2.75) is 38.9 Å². The average Bonchev–Trinajstić information content (AvgIpc) is 3.55. The third-order valence-electron chi connectivity index (χ3n) is 8.57. The van der Waals surface area contributed by atoms with Gasteiger partial charge in [-0.25, -0.2) is 14.4 Å². The van der Waals surface area contributed by atoms with Crippen molar-refractivity contribution in [1.82, 2.24) is 34.6 Å². The minimum absolute atomic E-state index is 0.0809. The normalized spacial score (nSPS) is 15.9. The van der Waals surface area contributed by atoms with Gasteiger partial charge >= 0.3 is 12.4 Å². The van der Waals surface area contributed by atoms with Crippen molar-refractivity contribution in [3.8, 4) is 5.82 Å². The number of hydrogen-bond acceptors (Lipinski definition) is 10. The summed E-state index contributed by atoms with van der Waals surface area (Å²) in [7, 11) is 1.82. The van der Waals surface area contributed by atoms with E-state index >= 15 is 0 Å². The van der Waals surface area contributed by atoms with E-state index < -0.39 is 35.1 Å². The lowest BCUT2D eigenvalue weighted by Crippen LogP contribution is -2.51. The van der Waals surface area contributed by atoms with Crippen molar-refractivity contribution in [2.24, 2.45) is 23.5 Å². The Morgan fingerprint density at radius 3 is 2.00 bits per heavy atom. The Morgan fingerprint density at radius 2 is 1.42 bits per heavy atom. The molecule has 0 radical (unpaired) electrons. The van der Waals surface area contributed by atoms with Crippen LogP contribution in [0.4, 0.5) is 48.2 Å². The summed E-state index contributed by atoms with van der Waals surface area (Å²) < 4.78 is 93.5. The Labute approximate surface area is 308 Å². The molecule has 4 heterocycles. The van der Waals surface area contributed by atoms with Gasteiger partial charge < -0.3 is 22.1 Å². The second-order valence-electron chi connectivity index (χ2n) is 12.5. The first-order valence-electron chi connectivity index (χ1n) is 16.3. The summed E-state index contributed by atoms with van der Waals surface area (Å²) in [5, 5.41) is 10.3. The lowest BCUT2D eigenvalue weighted by molar-refractivity contribution is -0.138. The van der Waals surface area contributed by atoms with Crippen molar-refractivity contribution < 1.29 is 30.7 Å². The fraction of sp³-hybridized carbons (Fsp3) is 0.194. The van der Waals surface area contributed by atoms with E-state index in [4.69, 9.17) is 17.2 Å². The molecule has 3 aromatic heterocycles. The minimum Gasteiger partial charge on any atom is -0.384 e. The van der Waals surface area contributed by atoms with Gasteiger partial charge in [-0.1, -0.05) is 12.1 Å². The third-order valence-corrected chi connectivity index (χ3v) is 8.57. The third kappa shape index (κ3) is 8.05. The van der Waals surface area contributed by atoms with Crippen LogP contribution in [0.3, 0.4) is 0 Å². The van der Waals surface area contributed by atoms with Gasteiger partial charge in [0.05, 0.1) is 33.6 Å². The summed E-state index contributed by atoms with van der Waals surface area (Å²) in [6.45, 7) is 5.48. The molecule has 0 fully saturated rings. The van der Waals surface area contributed by atoms with Gasteiger partial charge in [0.25, 0.3) is 0 Å². The van der Waals surface area contributed by atoms with Gasteiger partial charge in [0.2, 0.25) is 11.7 Å². The van der Waals surface area contributed by atoms with Gasteiger partial charge in [0.1, 0.15) is 29.1 Å². The van der Waals surface area contributed by atoms with Gasteiger partial charge in [-0.05, 0) is 69.3 Å². The van der Waals surface area contributed by atoms with Gasteiger partial charge in [-0.3, -0.25) is 15.0 Å². The summed E-state index contributed by atoms with van der Waals surface area (Å²) in [6.07, 6.45) is -7.21. The predicted octanol–water partition coefficient (Wildman–Crippen LogP) is 6.73. The van der Waals surface area contributed by atoms with Gasteiger partial charge in [0.15, 0.2) is 0 Å². The zero-order chi connectivity index (χ0) is 40.0. The first kappa shape index (κ1) is 38.2. The highest BCUT2D eigenvalue weighted by atomic mass is 19.4. The topological polar surface area (TPSA) is 176 Å². The van der Waals surface area contributed by atoms with E-state index in [2.05, 4.69) is 35.7 Å². The second-order valence-corrected chi connectivity index (χ2v) is 12.5. The van der Waals surface area contributed by atoms with E-state index in [1.807, 2.05) is 20.9 Å². The number of amidine groups is 1. The number of anilines is 3. The molecule has 3 aromatic carbocycles. The molecular weight excluding hydrogens is 733 g/mol. The molecule has 7 rings (SSSR count). The maximum atomic E-state index is 13.7. The summed E-state index contributed by atoms with van der Waals surface area (Å²) in [5.74, 6) is -0.624. The lowest BCUT2D eigenvalue weighted by atomic mass is 10.0. The molecule has 0 spiro atoms. The maximum absolute atomic E-state index is 13.7. The molecule has 8 N–H and O–H groups in total. The van der Waals surface area contributed by atoms with Crippen LogP contribution in [0.1, 0.15) is 39.5 Å². The Bertz CT molecular complexity index is 2450. The van der Waals surface area contributed by atoms with E-state index in [9.17, 15) is 30.7 Å². The fourth-order valence-electron chi connectivity index (χ4n) is 5.95. The molecule has 0 aliphatic carbocycles. The van der Waals surface area contributed by atoms with Crippen molar-refractivity contribution in [1.29, 1.82) is 0 Å². The zero-order valence-corrected chi connectivity index (χ0v) is 29.5. The van der Waals surface area contributed by atoms with Crippen molar-refractivity contribution >= 4 is 40.0 Å². The molecular formula is C36H33F7N12. The SMILES string of the molecule is Cc1nc2ccc(F)cc2n1-c1cc(N)nc(Nc2ccc(C(F)(F)F)cc2)n1.Cc1nn(C)c(C)c1C1=CC(N)=NC(N)(c2ccc(C(F)(F)F)cc2)N1. The Balaban J connectivity index is 0.000000188. The lowest BCUT2D eigenvalue weighted by Gasteiger charge is -2.33. The van der Waals surface area contributed by atoms with Gasteiger partial charge in [-0.15, -0.1) is 0 Å². The highest BCUT2D eigenvalue weighted by Gasteiger charge is 2.35. The number of nitrogen functional groups attached to an aromatic ring is 1. The average molecular weight is 767 g/mol. The number of aromatic nitrogens is 6. The predicted molar refractivity (Wildman–Crippen MR) is 193 cm³/mol. The van der Waals surface area contributed by atoms with Crippen LogP contribution in [0.5, 0.6) is 0 Å². The van der Waals surface area contributed by atoms with E-state index in [1.165, 1.54) is 42.5 Å². The molecule has 286 valence electrons. The van der Waals surface area contributed by atoms with Crippen molar-refractivity contribution in [3.05, 3.63) is 124 Å². The number of nitrogens with zero attached hydrogens (tertiary/aromatic N) is 7. The van der Waals surface area contributed by atoms with Crippen LogP contribution in [0.2, 0.25) is 0 Å². The number of alkyl halides is 6. The van der Waals surface area contributed by atoms with E-state index in [0.717, 1.165) is 41.2 Å². The van der Waals surface area contributed by atoms with Crippen LogP contribution in [-0.2, 0) is 25.2 Å². The minimum atomic E-state index is -4.42. The number of aliphatic imine (C=N–C) groups is 1. The molecule has 0 saturated heterocycles. The number of nitrogens with one attached hydrogen (secondary N) is 2. The number of hydrogen-bond donors (Lipinski definition) is 5. The number of aryl methyl sites for hydroxylation is 3. The standard InChI is InChI=1S/C19H14F4N6.C17H19F3N6/c1-10-25-14-7-4-12(20)8-15(14)29(10)17-9-16(24)27-18(28-17)26-13-5-2-11(3-6-13)19(21,22)23;1-9-15(10(2)26(3)25-9)13-8-14(21)24-17(22,23-13)12-6-4-11(5-7-12)16(18,19)20/h2-9H,1H3,(H3,24,26,27,28);4-8,23H,22H2,1-3H3,(H2,21,24). The number of rotatable bonds is 5. The smallest absolute Gasteiger partial charge is 0.384 e. The van der Waals surface area contributed by atoms with Crippen LogP contribution in [0, 0.1) is 26.6 Å². The van der Waals surface area contributed by atoms with Crippen LogP contribution in [0.25, 0.3) is 22.5 Å². The number of halogens is 7. The molecule has 0 saturated carbocycles. The van der Waals surface area contributed by atoms with Crippen molar-refractivity contribution in [2.75, 3.05) is 11.1 Å². The Hall–Kier alpha value is -6.50. The molecule has 1 unspecified atom stereocenters. The van der Waals surface area contributed by atoms with Gasteiger partial charge in [-0.2, -0.15) is 41.4 Å². The number of nitrogens with two attached hydrogens (primary N) is 3. The molecule has 0 amide bonds. The van der Waals surface area contributed by atoms with Crippen LogP contribution < -0.4 is 27.8 Å². The largest absolute Gasteiger partial charge is 0.416 e. The molecule has 19 heteroatoms. The van der Waals surface area contributed by atoms with Crippen LogP contribution in [0.15, 0.2) is 83.9 Å². The van der Waals surface area contributed by atoms with Crippen molar-refractivity contribution in [3.63, 3.8) is 0 Å². The number of imidazole rings is 1. The van der Waals surface area contributed by atoms with E-state index in [-0.39, 0.29) is 17.6 Å². The van der Waals surface area contributed by atoms with Crippen LogP contribution >= 0.6 is 0 Å². The first-order chi connectivity index (χ1) is 25.7. The Morgan fingerprint density at radius 1 is 0.800 bits per heavy atom. The molecule has 6 aromatic rings. The molecule has 12 nitrogen and oxygen atoms in total. The number of fused-ring (bicyclic) bond motifs is 1. The maximum Gasteiger partial charge on any atom is 0.416 e. The summed E-state index contributed by atoms with van der Waals surface area (Å²) in [4.78, 5) is 17.0. The van der Waals surface area contributed by atoms with E-state index in [1.54, 1.807) is 28.3 Å². The number of benzene rings is 3. The summed E-state index contributed by atoms with van der Waals surface area (Å²) in [5.41, 5.74) is 21.5.